The molecule has 1 fully saturated rings. The maximum Gasteiger partial charge on any atom is 0.410 e. The Morgan fingerprint density at radius 2 is 2.06 bits per heavy atom. The van der Waals surface area contributed by atoms with Gasteiger partial charge in [0.25, 0.3) is 0 Å². The molecule has 6 heteroatoms. The Hall–Kier alpha value is -0.910. The first-order chi connectivity index (χ1) is 7.70. The number of β-amino-alcohol motifs (C(OH)–C–C–N with tert-alkyl or cyclic N) is 1. The smallest absolute Gasteiger partial charge is 0.410 e. The molecule has 1 saturated heterocycles. The SMILES string of the molecule is CC(C)(C)OC(=O)N1CCC(C(F)F)C(O)C1. The van der Waals surface area contributed by atoms with E-state index in [-0.39, 0.29) is 19.5 Å². The molecule has 1 N–H and O–H groups in total. The third-order valence-corrected chi connectivity index (χ3v) is 2.61. The highest BCUT2D eigenvalue weighted by atomic mass is 19.3. The molecule has 4 nitrogen and oxygen atoms in total. The Labute approximate surface area is 99.5 Å². The lowest BCUT2D eigenvalue weighted by Crippen LogP contribution is -2.49. The Kier molecular flexibility index (Phi) is 4.30. The van der Waals surface area contributed by atoms with Gasteiger partial charge in [0, 0.05) is 12.5 Å². The summed E-state index contributed by atoms with van der Waals surface area (Å²) in [7, 11) is 0. The first-order valence-corrected chi connectivity index (χ1v) is 5.65. The fourth-order valence-corrected chi connectivity index (χ4v) is 1.74. The molecule has 0 bridgehead atoms. The molecule has 1 amide bonds. The number of halogens is 2. The minimum atomic E-state index is -2.55. The predicted molar refractivity (Wildman–Crippen MR) is 57.9 cm³/mol. The molecule has 2 atom stereocenters. The van der Waals surface area contributed by atoms with E-state index in [2.05, 4.69) is 0 Å². The molecule has 1 rings (SSSR count). The maximum absolute atomic E-state index is 12.5. The van der Waals surface area contributed by atoms with Gasteiger partial charge in [0.2, 0.25) is 6.43 Å². The number of ether oxygens (including phenoxy) is 1. The second-order valence-electron chi connectivity index (χ2n) is 5.28. The summed E-state index contributed by atoms with van der Waals surface area (Å²) in [5.74, 6) is -1.05. The summed E-state index contributed by atoms with van der Waals surface area (Å²) in [4.78, 5) is 12.9. The highest BCUT2D eigenvalue weighted by molar-refractivity contribution is 5.68. The molecule has 17 heavy (non-hydrogen) atoms. The molecule has 1 heterocycles. The van der Waals surface area contributed by atoms with Crippen LogP contribution in [0.1, 0.15) is 27.2 Å². The van der Waals surface area contributed by atoms with Crippen molar-refractivity contribution in [3.05, 3.63) is 0 Å². The summed E-state index contributed by atoms with van der Waals surface area (Å²) >= 11 is 0. The van der Waals surface area contributed by atoms with Crippen molar-refractivity contribution >= 4 is 6.09 Å². The van der Waals surface area contributed by atoms with Crippen LogP contribution in [-0.2, 0) is 4.74 Å². The van der Waals surface area contributed by atoms with Crippen molar-refractivity contribution in [2.45, 2.75) is 45.3 Å². The number of carbonyl (C=O) groups excluding carboxylic acids is 1. The lowest BCUT2D eigenvalue weighted by molar-refractivity contribution is -0.0586. The third-order valence-electron chi connectivity index (χ3n) is 2.61. The minimum Gasteiger partial charge on any atom is -0.444 e. The van der Waals surface area contributed by atoms with Gasteiger partial charge in [-0.2, -0.15) is 0 Å². The molecular weight excluding hydrogens is 232 g/mol. The number of hydrogen-bond donors (Lipinski definition) is 1. The zero-order valence-electron chi connectivity index (χ0n) is 10.3. The number of aliphatic hydroxyl groups excluding tert-OH is 1. The number of amides is 1. The highest BCUT2D eigenvalue weighted by Crippen LogP contribution is 2.25. The topological polar surface area (TPSA) is 49.8 Å². The molecule has 1 aliphatic heterocycles. The fraction of sp³-hybridized carbons (Fsp3) is 0.909. The third kappa shape index (κ3) is 4.11. The summed E-state index contributed by atoms with van der Waals surface area (Å²) in [5, 5.41) is 9.53. The molecule has 100 valence electrons. The van der Waals surface area contributed by atoms with E-state index in [1.165, 1.54) is 4.90 Å². The van der Waals surface area contributed by atoms with E-state index >= 15 is 0 Å². The van der Waals surface area contributed by atoms with Crippen LogP contribution in [0.25, 0.3) is 0 Å². The highest BCUT2D eigenvalue weighted by Gasteiger charge is 2.36. The zero-order valence-corrected chi connectivity index (χ0v) is 10.3. The zero-order chi connectivity index (χ0) is 13.2. The van der Waals surface area contributed by atoms with E-state index in [1.807, 2.05) is 0 Å². The van der Waals surface area contributed by atoms with E-state index in [1.54, 1.807) is 20.8 Å². The maximum atomic E-state index is 12.5. The van der Waals surface area contributed by atoms with Crippen LogP contribution in [0, 0.1) is 5.92 Å². The fourth-order valence-electron chi connectivity index (χ4n) is 1.74. The minimum absolute atomic E-state index is 0.0933. The largest absolute Gasteiger partial charge is 0.444 e. The summed E-state index contributed by atoms with van der Waals surface area (Å²) in [6.07, 6.45) is -4.20. The molecule has 0 aliphatic carbocycles. The van der Waals surface area contributed by atoms with Gasteiger partial charge < -0.3 is 14.7 Å². The van der Waals surface area contributed by atoms with Crippen molar-refractivity contribution in [3.63, 3.8) is 0 Å². The standard InChI is InChI=1S/C11H19F2NO3/c1-11(2,3)17-10(16)14-5-4-7(9(12)13)8(15)6-14/h7-9,15H,4-6H2,1-3H3. The normalized spacial score (nSPS) is 26.2. The number of carbonyl (C=O) groups is 1. The van der Waals surface area contributed by atoms with E-state index < -0.39 is 30.1 Å². The number of hydrogen-bond acceptors (Lipinski definition) is 3. The van der Waals surface area contributed by atoms with Crippen LogP contribution < -0.4 is 0 Å². The van der Waals surface area contributed by atoms with E-state index in [9.17, 15) is 18.7 Å². The van der Waals surface area contributed by atoms with Gasteiger partial charge in [-0.25, -0.2) is 13.6 Å². The van der Waals surface area contributed by atoms with Gasteiger partial charge in [0.05, 0.1) is 12.6 Å². The molecular formula is C11H19F2NO3. The molecule has 0 aromatic heterocycles. The first kappa shape index (κ1) is 14.2. The van der Waals surface area contributed by atoms with Gasteiger partial charge in [-0.3, -0.25) is 0 Å². The summed E-state index contributed by atoms with van der Waals surface area (Å²) < 4.78 is 30.1. The van der Waals surface area contributed by atoms with Crippen LogP contribution in [0.5, 0.6) is 0 Å². The Bertz CT molecular complexity index is 278. The van der Waals surface area contributed by atoms with Crippen LogP contribution >= 0.6 is 0 Å². The number of likely N-dealkylation sites (tertiary alicyclic amines) is 1. The lowest BCUT2D eigenvalue weighted by Gasteiger charge is -2.36. The molecule has 2 unspecified atom stereocenters. The molecule has 1 aliphatic rings. The summed E-state index contributed by atoms with van der Waals surface area (Å²) in [6, 6.07) is 0. The number of rotatable bonds is 1. The summed E-state index contributed by atoms with van der Waals surface area (Å²) in [6.45, 7) is 5.29. The number of aliphatic hydroxyl groups is 1. The predicted octanol–water partition coefficient (Wildman–Crippen LogP) is 1.87. The lowest BCUT2D eigenvalue weighted by atomic mass is 9.95. The van der Waals surface area contributed by atoms with Gasteiger partial charge in [0.15, 0.2) is 0 Å². The molecule has 0 aromatic carbocycles. The Morgan fingerprint density at radius 1 is 1.47 bits per heavy atom. The van der Waals surface area contributed by atoms with Crippen molar-refractivity contribution in [2.24, 2.45) is 5.92 Å². The monoisotopic (exact) mass is 251 g/mol. The Morgan fingerprint density at radius 3 is 2.47 bits per heavy atom. The molecule has 0 saturated carbocycles. The van der Waals surface area contributed by atoms with Crippen LogP contribution in [0.15, 0.2) is 0 Å². The average molecular weight is 251 g/mol. The number of piperidine rings is 1. The number of nitrogens with zero attached hydrogens (tertiary/aromatic N) is 1. The summed E-state index contributed by atoms with van der Waals surface area (Å²) in [5.41, 5.74) is -0.623. The van der Waals surface area contributed by atoms with Crippen LogP contribution in [-0.4, -0.2) is 47.3 Å². The van der Waals surface area contributed by atoms with Crippen LogP contribution in [0.3, 0.4) is 0 Å². The van der Waals surface area contributed by atoms with Gasteiger partial charge in [-0.1, -0.05) is 0 Å². The van der Waals surface area contributed by atoms with Crippen LogP contribution in [0.4, 0.5) is 13.6 Å². The van der Waals surface area contributed by atoms with Gasteiger partial charge >= 0.3 is 6.09 Å². The number of alkyl halides is 2. The second-order valence-corrected chi connectivity index (χ2v) is 5.28. The van der Waals surface area contributed by atoms with Crippen molar-refractivity contribution in [1.29, 1.82) is 0 Å². The van der Waals surface area contributed by atoms with Gasteiger partial charge in [0.1, 0.15) is 5.60 Å². The average Bonchev–Trinajstić information content (AvgIpc) is 2.14. The van der Waals surface area contributed by atoms with Crippen LogP contribution in [0.2, 0.25) is 0 Å². The van der Waals surface area contributed by atoms with Crippen molar-refractivity contribution in [1.82, 2.24) is 4.90 Å². The van der Waals surface area contributed by atoms with Gasteiger partial charge in [-0.05, 0) is 27.2 Å². The van der Waals surface area contributed by atoms with Gasteiger partial charge in [-0.15, -0.1) is 0 Å². The van der Waals surface area contributed by atoms with E-state index in [0.717, 1.165) is 0 Å². The molecule has 0 aromatic rings. The quantitative estimate of drug-likeness (QED) is 0.774. The van der Waals surface area contributed by atoms with E-state index in [4.69, 9.17) is 4.74 Å². The molecule has 0 spiro atoms. The van der Waals surface area contributed by atoms with Crippen molar-refractivity contribution in [3.8, 4) is 0 Å². The first-order valence-electron chi connectivity index (χ1n) is 5.65. The molecule has 0 radical (unpaired) electrons. The Balaban J connectivity index is 2.52. The second kappa shape index (κ2) is 5.16. The van der Waals surface area contributed by atoms with E-state index in [0.29, 0.717) is 0 Å². The van der Waals surface area contributed by atoms with Crippen molar-refractivity contribution < 1.29 is 23.4 Å². The van der Waals surface area contributed by atoms with Crippen molar-refractivity contribution in [2.75, 3.05) is 13.1 Å².